The molecule has 7 heteroatoms. The van der Waals surface area contributed by atoms with Gasteiger partial charge in [-0.2, -0.15) is 0 Å². The number of anilines is 1. The molecular formula is C19H21N3O3S. The SMILES string of the molecule is CC(=O)N[C@H](CC(=O)N[C@H](C)c1ccc2c(c1)CC(=O)N2)c1cccs1. The minimum absolute atomic E-state index is 0.0112. The first-order chi connectivity index (χ1) is 12.4. The fourth-order valence-corrected chi connectivity index (χ4v) is 3.82. The van der Waals surface area contributed by atoms with Gasteiger partial charge in [0, 0.05) is 17.5 Å². The van der Waals surface area contributed by atoms with Crippen molar-refractivity contribution in [3.05, 3.63) is 51.7 Å². The number of benzene rings is 1. The summed E-state index contributed by atoms with van der Waals surface area (Å²) in [6.45, 7) is 3.35. The van der Waals surface area contributed by atoms with Crippen LogP contribution in [0.15, 0.2) is 35.7 Å². The number of hydrogen-bond donors (Lipinski definition) is 3. The summed E-state index contributed by atoms with van der Waals surface area (Å²) in [5.41, 5.74) is 2.73. The summed E-state index contributed by atoms with van der Waals surface area (Å²) >= 11 is 1.51. The minimum atomic E-state index is -0.332. The summed E-state index contributed by atoms with van der Waals surface area (Å²) in [4.78, 5) is 36.3. The lowest BCUT2D eigenvalue weighted by Crippen LogP contribution is -2.33. The summed E-state index contributed by atoms with van der Waals surface area (Å²) in [6, 6.07) is 9.00. The molecule has 1 aromatic heterocycles. The smallest absolute Gasteiger partial charge is 0.228 e. The van der Waals surface area contributed by atoms with Gasteiger partial charge in [-0.05, 0) is 35.6 Å². The molecule has 2 atom stereocenters. The van der Waals surface area contributed by atoms with Gasteiger partial charge < -0.3 is 16.0 Å². The van der Waals surface area contributed by atoms with Crippen molar-refractivity contribution in [3.8, 4) is 0 Å². The zero-order valence-corrected chi connectivity index (χ0v) is 15.5. The third kappa shape index (κ3) is 4.29. The molecule has 2 heterocycles. The molecule has 0 aliphatic carbocycles. The fraction of sp³-hybridized carbons (Fsp3) is 0.316. The van der Waals surface area contributed by atoms with E-state index in [-0.39, 0.29) is 36.2 Å². The lowest BCUT2D eigenvalue weighted by Gasteiger charge is -2.19. The Morgan fingerprint density at radius 1 is 1.27 bits per heavy atom. The van der Waals surface area contributed by atoms with Gasteiger partial charge in [0.1, 0.15) is 0 Å². The Bertz CT molecular complexity index is 833. The maximum absolute atomic E-state index is 12.5. The van der Waals surface area contributed by atoms with Crippen LogP contribution in [0.1, 0.15) is 48.4 Å². The van der Waals surface area contributed by atoms with E-state index >= 15 is 0 Å². The molecule has 3 amide bonds. The molecule has 0 bridgehead atoms. The molecule has 1 aromatic carbocycles. The van der Waals surface area contributed by atoms with E-state index in [1.54, 1.807) is 0 Å². The highest BCUT2D eigenvalue weighted by Crippen LogP contribution is 2.27. The van der Waals surface area contributed by atoms with E-state index in [1.807, 2.05) is 42.6 Å². The first kappa shape index (κ1) is 18.1. The number of thiophene rings is 1. The van der Waals surface area contributed by atoms with Gasteiger partial charge in [0.15, 0.2) is 0 Å². The molecule has 0 radical (unpaired) electrons. The number of hydrogen-bond acceptors (Lipinski definition) is 4. The predicted molar refractivity (Wildman–Crippen MR) is 101 cm³/mol. The van der Waals surface area contributed by atoms with Crippen molar-refractivity contribution in [2.75, 3.05) is 5.32 Å². The maximum atomic E-state index is 12.5. The van der Waals surface area contributed by atoms with E-state index < -0.39 is 0 Å². The largest absolute Gasteiger partial charge is 0.350 e. The Kier molecular flexibility index (Phi) is 5.37. The van der Waals surface area contributed by atoms with Crippen LogP contribution in [-0.4, -0.2) is 17.7 Å². The van der Waals surface area contributed by atoms with Gasteiger partial charge in [-0.25, -0.2) is 0 Å². The molecule has 3 rings (SSSR count). The standard InChI is InChI=1S/C19H21N3O3S/c1-11(13-5-6-15-14(8-13)9-18(24)22-15)20-19(25)10-16(21-12(2)23)17-4-3-7-26-17/h3-8,11,16H,9-10H2,1-2H3,(H,20,25)(H,21,23)(H,22,24)/t11-,16-/m1/s1. The number of amides is 3. The molecule has 0 unspecified atom stereocenters. The summed E-state index contributed by atoms with van der Waals surface area (Å²) in [6.07, 6.45) is 0.544. The van der Waals surface area contributed by atoms with Crippen LogP contribution >= 0.6 is 11.3 Å². The molecule has 136 valence electrons. The van der Waals surface area contributed by atoms with Crippen molar-refractivity contribution in [2.24, 2.45) is 0 Å². The number of carbonyl (C=O) groups is 3. The summed E-state index contributed by atoms with van der Waals surface area (Å²) in [5, 5.41) is 10.5. The lowest BCUT2D eigenvalue weighted by molar-refractivity contribution is -0.123. The molecule has 2 aromatic rings. The van der Waals surface area contributed by atoms with Gasteiger partial charge in [-0.1, -0.05) is 18.2 Å². The van der Waals surface area contributed by atoms with Gasteiger partial charge >= 0.3 is 0 Å². The Morgan fingerprint density at radius 3 is 2.77 bits per heavy atom. The van der Waals surface area contributed by atoms with Gasteiger partial charge in [-0.3, -0.25) is 14.4 Å². The predicted octanol–water partition coefficient (Wildman–Crippen LogP) is 2.69. The third-order valence-electron chi connectivity index (χ3n) is 4.29. The number of nitrogens with one attached hydrogen (secondary N) is 3. The zero-order chi connectivity index (χ0) is 18.7. The third-order valence-corrected chi connectivity index (χ3v) is 5.27. The van der Waals surface area contributed by atoms with Crippen molar-refractivity contribution in [2.45, 2.75) is 38.8 Å². The van der Waals surface area contributed by atoms with Crippen molar-refractivity contribution >= 4 is 34.7 Å². The molecule has 1 aliphatic rings. The first-order valence-electron chi connectivity index (χ1n) is 8.45. The second-order valence-corrected chi connectivity index (χ2v) is 7.38. The summed E-state index contributed by atoms with van der Waals surface area (Å²) < 4.78 is 0. The van der Waals surface area contributed by atoms with Gasteiger partial charge in [0.05, 0.1) is 24.9 Å². The van der Waals surface area contributed by atoms with E-state index in [2.05, 4.69) is 16.0 Å². The Morgan fingerprint density at radius 2 is 2.08 bits per heavy atom. The van der Waals surface area contributed by atoms with Crippen LogP contribution in [0.5, 0.6) is 0 Å². The average Bonchev–Trinajstić information content (AvgIpc) is 3.21. The highest BCUT2D eigenvalue weighted by molar-refractivity contribution is 7.10. The summed E-state index contributed by atoms with van der Waals surface area (Å²) in [7, 11) is 0. The Hall–Kier alpha value is -2.67. The van der Waals surface area contributed by atoms with Crippen LogP contribution in [0.3, 0.4) is 0 Å². The van der Waals surface area contributed by atoms with Crippen LogP contribution in [0, 0.1) is 0 Å². The first-order valence-corrected chi connectivity index (χ1v) is 9.33. The molecular weight excluding hydrogens is 350 g/mol. The van der Waals surface area contributed by atoms with E-state index in [9.17, 15) is 14.4 Å². The molecule has 0 saturated heterocycles. The zero-order valence-electron chi connectivity index (χ0n) is 14.7. The Balaban J connectivity index is 1.64. The van der Waals surface area contributed by atoms with Crippen molar-refractivity contribution in [1.29, 1.82) is 0 Å². The van der Waals surface area contributed by atoms with Gasteiger partial charge in [-0.15, -0.1) is 11.3 Å². The van der Waals surface area contributed by atoms with E-state index in [0.29, 0.717) is 6.42 Å². The highest BCUT2D eigenvalue weighted by atomic mass is 32.1. The molecule has 0 saturated carbocycles. The highest BCUT2D eigenvalue weighted by Gasteiger charge is 2.21. The van der Waals surface area contributed by atoms with E-state index in [0.717, 1.165) is 21.7 Å². The van der Waals surface area contributed by atoms with Crippen molar-refractivity contribution in [3.63, 3.8) is 0 Å². The van der Waals surface area contributed by atoms with Crippen molar-refractivity contribution in [1.82, 2.24) is 10.6 Å². The molecule has 6 nitrogen and oxygen atoms in total. The van der Waals surface area contributed by atoms with E-state index in [4.69, 9.17) is 0 Å². The molecule has 3 N–H and O–H groups in total. The van der Waals surface area contributed by atoms with Crippen LogP contribution < -0.4 is 16.0 Å². The number of rotatable bonds is 6. The minimum Gasteiger partial charge on any atom is -0.350 e. The Labute approximate surface area is 156 Å². The normalized spacial score (nSPS) is 14.9. The molecule has 1 aliphatic heterocycles. The van der Waals surface area contributed by atoms with Crippen LogP contribution in [0.2, 0.25) is 0 Å². The van der Waals surface area contributed by atoms with E-state index in [1.165, 1.54) is 18.3 Å². The maximum Gasteiger partial charge on any atom is 0.228 e. The topological polar surface area (TPSA) is 87.3 Å². The lowest BCUT2D eigenvalue weighted by atomic mass is 10.0. The second-order valence-electron chi connectivity index (χ2n) is 6.40. The monoisotopic (exact) mass is 371 g/mol. The van der Waals surface area contributed by atoms with Crippen molar-refractivity contribution < 1.29 is 14.4 Å². The van der Waals surface area contributed by atoms with Crippen LogP contribution in [0.25, 0.3) is 0 Å². The van der Waals surface area contributed by atoms with Gasteiger partial charge in [0.2, 0.25) is 17.7 Å². The van der Waals surface area contributed by atoms with Gasteiger partial charge in [0.25, 0.3) is 0 Å². The van der Waals surface area contributed by atoms with Crippen LogP contribution in [-0.2, 0) is 20.8 Å². The quantitative estimate of drug-likeness (QED) is 0.730. The average molecular weight is 371 g/mol. The number of carbonyl (C=O) groups excluding carboxylic acids is 3. The second kappa shape index (κ2) is 7.70. The molecule has 0 fully saturated rings. The van der Waals surface area contributed by atoms with Crippen LogP contribution in [0.4, 0.5) is 5.69 Å². The molecule has 0 spiro atoms. The number of fused-ring (bicyclic) bond motifs is 1. The molecule has 26 heavy (non-hydrogen) atoms. The fourth-order valence-electron chi connectivity index (χ4n) is 3.05. The summed E-state index contributed by atoms with van der Waals surface area (Å²) in [5.74, 6) is -0.317.